The number of imidazole rings is 1. The summed E-state index contributed by atoms with van der Waals surface area (Å²) in [5.41, 5.74) is 0.843. The second-order valence-electron chi connectivity index (χ2n) is 5.76. The molecule has 1 aliphatic rings. The number of likely N-dealkylation sites (tertiary alicyclic amines) is 1. The fourth-order valence-electron chi connectivity index (χ4n) is 2.78. The zero-order valence-corrected chi connectivity index (χ0v) is 12.9. The van der Waals surface area contributed by atoms with Crippen LogP contribution in [0.25, 0.3) is 5.82 Å². The van der Waals surface area contributed by atoms with Crippen LogP contribution in [0.5, 0.6) is 0 Å². The predicted molar refractivity (Wildman–Crippen MR) is 81.4 cm³/mol. The number of amides is 1. The number of hydrogen-bond donors (Lipinski definition) is 0. The van der Waals surface area contributed by atoms with E-state index in [1.807, 2.05) is 34.7 Å². The van der Waals surface area contributed by atoms with Crippen LogP contribution in [-0.4, -0.2) is 62.4 Å². The van der Waals surface area contributed by atoms with Crippen molar-refractivity contribution >= 4 is 5.91 Å². The molecule has 0 N–H and O–H groups in total. The van der Waals surface area contributed by atoms with Gasteiger partial charge in [0.25, 0.3) is 0 Å². The molecule has 0 radical (unpaired) electrons. The first-order chi connectivity index (χ1) is 10.6. The number of nitrogens with zero attached hydrogens (tertiary/aromatic N) is 6. The summed E-state index contributed by atoms with van der Waals surface area (Å²) in [6, 6.07) is 0.0171. The van der Waals surface area contributed by atoms with Crippen LogP contribution in [0.2, 0.25) is 0 Å². The smallest absolute Gasteiger partial charge is 0.237 e. The molecule has 0 saturated carbocycles. The second kappa shape index (κ2) is 6.23. The van der Waals surface area contributed by atoms with Gasteiger partial charge in [0.2, 0.25) is 5.91 Å². The van der Waals surface area contributed by atoms with Crippen molar-refractivity contribution in [2.45, 2.75) is 18.9 Å². The second-order valence-corrected chi connectivity index (χ2v) is 5.76. The standard InChI is InChI=1S/C15H20N6O/c1-19(2)10-15(22)21-6-3-4-13(21)12-8-17-9-14(18-12)20-7-5-16-11-20/h5,7-9,11,13H,3-4,6,10H2,1-2H3/t13-/m1/s1. The summed E-state index contributed by atoms with van der Waals surface area (Å²) < 4.78 is 1.82. The molecule has 1 fully saturated rings. The minimum Gasteiger partial charge on any atom is -0.333 e. The number of rotatable bonds is 4. The van der Waals surface area contributed by atoms with E-state index in [1.165, 1.54) is 0 Å². The largest absolute Gasteiger partial charge is 0.333 e. The minimum absolute atomic E-state index is 0.0171. The van der Waals surface area contributed by atoms with Gasteiger partial charge >= 0.3 is 0 Å². The van der Waals surface area contributed by atoms with Gasteiger partial charge in [-0.3, -0.25) is 14.3 Å². The van der Waals surface area contributed by atoms with Crippen molar-refractivity contribution in [3.8, 4) is 5.82 Å². The van der Waals surface area contributed by atoms with Crippen LogP contribution in [0.1, 0.15) is 24.6 Å². The topological polar surface area (TPSA) is 67.2 Å². The van der Waals surface area contributed by atoms with Crippen molar-refractivity contribution in [3.63, 3.8) is 0 Å². The third-order valence-corrected chi connectivity index (χ3v) is 3.78. The summed E-state index contributed by atoms with van der Waals surface area (Å²) in [5.74, 6) is 0.865. The first-order valence-electron chi connectivity index (χ1n) is 7.39. The van der Waals surface area contributed by atoms with Crippen molar-refractivity contribution in [3.05, 3.63) is 36.8 Å². The van der Waals surface area contributed by atoms with Gasteiger partial charge < -0.3 is 9.80 Å². The zero-order chi connectivity index (χ0) is 15.5. The van der Waals surface area contributed by atoms with Crippen molar-refractivity contribution in [2.24, 2.45) is 0 Å². The molecule has 2 aromatic heterocycles. The van der Waals surface area contributed by atoms with E-state index >= 15 is 0 Å². The average Bonchev–Trinajstić information content (AvgIpc) is 3.18. The minimum atomic E-state index is 0.0171. The van der Waals surface area contributed by atoms with Crippen molar-refractivity contribution in [1.29, 1.82) is 0 Å². The molecule has 22 heavy (non-hydrogen) atoms. The van der Waals surface area contributed by atoms with Crippen molar-refractivity contribution in [2.75, 3.05) is 27.2 Å². The van der Waals surface area contributed by atoms with Crippen LogP contribution in [0.15, 0.2) is 31.1 Å². The normalized spacial score (nSPS) is 18.1. The van der Waals surface area contributed by atoms with Gasteiger partial charge in [-0.15, -0.1) is 0 Å². The monoisotopic (exact) mass is 300 g/mol. The van der Waals surface area contributed by atoms with Crippen LogP contribution in [-0.2, 0) is 4.79 Å². The first kappa shape index (κ1) is 14.6. The van der Waals surface area contributed by atoms with Crippen LogP contribution in [0.4, 0.5) is 0 Å². The van der Waals surface area contributed by atoms with Crippen LogP contribution >= 0.6 is 0 Å². The SMILES string of the molecule is CN(C)CC(=O)N1CCC[C@@H]1c1cncc(-n2ccnc2)n1. The Morgan fingerprint density at radius 2 is 2.23 bits per heavy atom. The first-order valence-corrected chi connectivity index (χ1v) is 7.39. The maximum absolute atomic E-state index is 12.4. The van der Waals surface area contributed by atoms with E-state index < -0.39 is 0 Å². The number of carbonyl (C=O) groups excluding carboxylic acids is 1. The van der Waals surface area contributed by atoms with Gasteiger partial charge in [0.1, 0.15) is 6.33 Å². The molecular formula is C15H20N6O. The third-order valence-electron chi connectivity index (χ3n) is 3.78. The zero-order valence-electron chi connectivity index (χ0n) is 12.9. The lowest BCUT2D eigenvalue weighted by atomic mass is 10.1. The Hall–Kier alpha value is -2.28. The number of hydrogen-bond acceptors (Lipinski definition) is 5. The van der Waals surface area contributed by atoms with Crippen LogP contribution in [0, 0.1) is 0 Å². The molecule has 7 heteroatoms. The molecule has 0 aromatic carbocycles. The molecule has 0 unspecified atom stereocenters. The Kier molecular flexibility index (Phi) is 4.15. The highest BCUT2D eigenvalue weighted by Crippen LogP contribution is 2.30. The van der Waals surface area contributed by atoms with Gasteiger partial charge in [-0.25, -0.2) is 9.97 Å². The van der Waals surface area contributed by atoms with Gasteiger partial charge in [0, 0.05) is 18.9 Å². The van der Waals surface area contributed by atoms with Crippen molar-refractivity contribution in [1.82, 2.24) is 29.3 Å². The fourth-order valence-corrected chi connectivity index (χ4v) is 2.78. The van der Waals surface area contributed by atoms with E-state index in [2.05, 4.69) is 15.0 Å². The van der Waals surface area contributed by atoms with Gasteiger partial charge in [-0.2, -0.15) is 0 Å². The van der Waals surface area contributed by atoms with Crippen LogP contribution in [0.3, 0.4) is 0 Å². The molecule has 1 saturated heterocycles. The Morgan fingerprint density at radius 3 is 2.95 bits per heavy atom. The molecule has 3 heterocycles. The predicted octanol–water partition coefficient (Wildman–Crippen LogP) is 0.887. The molecule has 0 aliphatic carbocycles. The number of likely N-dealkylation sites (N-methyl/N-ethyl adjacent to an activating group) is 1. The van der Waals surface area contributed by atoms with Crippen LogP contribution < -0.4 is 0 Å². The summed E-state index contributed by atoms with van der Waals surface area (Å²) in [6.45, 7) is 1.21. The molecule has 1 atom stereocenters. The Morgan fingerprint density at radius 1 is 1.36 bits per heavy atom. The van der Waals surface area contributed by atoms with Gasteiger partial charge in [0.15, 0.2) is 5.82 Å². The van der Waals surface area contributed by atoms with E-state index in [0.29, 0.717) is 6.54 Å². The fraction of sp³-hybridized carbons (Fsp3) is 0.467. The summed E-state index contributed by atoms with van der Waals surface area (Å²) in [5, 5.41) is 0. The molecule has 3 rings (SSSR count). The molecule has 116 valence electrons. The lowest BCUT2D eigenvalue weighted by Crippen LogP contribution is -2.37. The Labute approximate surface area is 129 Å². The van der Waals surface area contributed by atoms with Gasteiger partial charge in [-0.05, 0) is 26.9 Å². The van der Waals surface area contributed by atoms with Gasteiger partial charge in [0.05, 0.1) is 30.7 Å². The maximum atomic E-state index is 12.4. The summed E-state index contributed by atoms with van der Waals surface area (Å²) >= 11 is 0. The molecule has 0 bridgehead atoms. The molecule has 2 aromatic rings. The summed E-state index contributed by atoms with van der Waals surface area (Å²) in [4.78, 5) is 29.2. The Bertz CT molecular complexity index is 639. The number of aromatic nitrogens is 4. The molecule has 7 nitrogen and oxygen atoms in total. The van der Waals surface area contributed by atoms with Crippen molar-refractivity contribution < 1.29 is 4.79 Å². The number of carbonyl (C=O) groups is 1. The van der Waals surface area contributed by atoms with E-state index in [4.69, 9.17) is 0 Å². The highest BCUT2D eigenvalue weighted by atomic mass is 16.2. The van der Waals surface area contributed by atoms with E-state index in [-0.39, 0.29) is 11.9 Å². The van der Waals surface area contributed by atoms with E-state index in [1.54, 1.807) is 24.9 Å². The molecular weight excluding hydrogens is 280 g/mol. The average molecular weight is 300 g/mol. The van der Waals surface area contributed by atoms with E-state index in [0.717, 1.165) is 30.9 Å². The summed E-state index contributed by atoms with van der Waals surface area (Å²) in [6.07, 6.45) is 10.6. The quantitative estimate of drug-likeness (QED) is 0.839. The highest BCUT2D eigenvalue weighted by molar-refractivity contribution is 5.79. The lowest BCUT2D eigenvalue weighted by molar-refractivity contribution is -0.132. The molecule has 1 amide bonds. The maximum Gasteiger partial charge on any atom is 0.237 e. The molecule has 1 aliphatic heterocycles. The van der Waals surface area contributed by atoms with Gasteiger partial charge in [-0.1, -0.05) is 0 Å². The highest BCUT2D eigenvalue weighted by Gasteiger charge is 2.31. The summed E-state index contributed by atoms with van der Waals surface area (Å²) in [7, 11) is 3.81. The molecule has 0 spiro atoms. The third kappa shape index (κ3) is 2.99. The lowest BCUT2D eigenvalue weighted by Gasteiger charge is -2.25. The van der Waals surface area contributed by atoms with E-state index in [9.17, 15) is 4.79 Å². The Balaban J connectivity index is 1.83.